The predicted octanol–water partition coefficient (Wildman–Crippen LogP) is 4.72. The normalized spacial score (nSPS) is 10.6. The Morgan fingerprint density at radius 3 is 2.81 bits per heavy atom. The lowest BCUT2D eigenvalue weighted by Gasteiger charge is -2.13. The summed E-state index contributed by atoms with van der Waals surface area (Å²) < 4.78 is 11.3. The van der Waals surface area contributed by atoms with Crippen LogP contribution in [0, 0.1) is 6.92 Å². The van der Waals surface area contributed by atoms with E-state index < -0.39 is 0 Å². The molecule has 2 N–H and O–H groups in total. The third-order valence-corrected chi connectivity index (χ3v) is 4.82. The molecule has 7 nitrogen and oxygen atoms in total. The van der Waals surface area contributed by atoms with Crippen molar-refractivity contribution in [2.45, 2.75) is 13.8 Å². The highest BCUT2D eigenvalue weighted by Gasteiger charge is 2.15. The van der Waals surface area contributed by atoms with Crippen molar-refractivity contribution in [3.8, 4) is 17.2 Å². The molecule has 0 aliphatic heterocycles. The van der Waals surface area contributed by atoms with E-state index in [2.05, 4.69) is 20.6 Å². The Morgan fingerprint density at radius 1 is 1.16 bits per heavy atom. The summed E-state index contributed by atoms with van der Waals surface area (Å²) in [5.41, 5.74) is 4.05. The summed E-state index contributed by atoms with van der Waals surface area (Å²) >= 11 is 5.35. The van der Waals surface area contributed by atoms with Gasteiger partial charge in [-0.05, 0) is 74.1 Å². The van der Waals surface area contributed by atoms with Gasteiger partial charge in [0.2, 0.25) is 5.89 Å². The van der Waals surface area contributed by atoms with Gasteiger partial charge in [-0.15, -0.1) is 0 Å². The van der Waals surface area contributed by atoms with Crippen LogP contribution >= 0.6 is 12.2 Å². The van der Waals surface area contributed by atoms with E-state index in [0.717, 1.165) is 16.8 Å². The van der Waals surface area contributed by atoms with E-state index in [1.807, 2.05) is 38.1 Å². The molecular weight excluding hydrogens is 412 g/mol. The molecule has 0 atom stereocenters. The number of fused-ring (bicyclic) bond motifs is 1. The largest absolute Gasteiger partial charge is 0.494 e. The number of nitrogens with zero attached hydrogens (tertiary/aromatic N) is 2. The summed E-state index contributed by atoms with van der Waals surface area (Å²) in [6, 6.07) is 16.2. The molecule has 8 heteroatoms. The molecule has 0 aliphatic carbocycles. The van der Waals surface area contributed by atoms with Crippen molar-refractivity contribution in [3.05, 3.63) is 71.9 Å². The minimum Gasteiger partial charge on any atom is -0.494 e. The Labute approximate surface area is 184 Å². The van der Waals surface area contributed by atoms with Gasteiger partial charge in [-0.2, -0.15) is 4.98 Å². The van der Waals surface area contributed by atoms with Crippen molar-refractivity contribution < 1.29 is 13.9 Å². The fourth-order valence-electron chi connectivity index (χ4n) is 3.11. The van der Waals surface area contributed by atoms with E-state index in [1.165, 1.54) is 0 Å². The van der Waals surface area contributed by atoms with Gasteiger partial charge < -0.3 is 14.5 Å². The summed E-state index contributed by atoms with van der Waals surface area (Å²) in [6.07, 6.45) is 1.67. The summed E-state index contributed by atoms with van der Waals surface area (Å²) in [5.74, 6) is 0.779. The van der Waals surface area contributed by atoms with Gasteiger partial charge >= 0.3 is 0 Å². The van der Waals surface area contributed by atoms with Crippen LogP contribution in [0.25, 0.3) is 22.7 Å². The number of pyridine rings is 1. The molecule has 2 aromatic carbocycles. The number of hydrogen-bond acceptors (Lipinski definition) is 6. The first kappa shape index (κ1) is 20.5. The highest BCUT2D eigenvalue weighted by Crippen LogP contribution is 2.30. The van der Waals surface area contributed by atoms with Gasteiger partial charge in [0.25, 0.3) is 5.91 Å². The van der Waals surface area contributed by atoms with Gasteiger partial charge in [-0.3, -0.25) is 10.1 Å². The number of hydrogen-bond donors (Lipinski definition) is 2. The van der Waals surface area contributed by atoms with Crippen LogP contribution in [0.15, 0.2) is 65.2 Å². The Balaban J connectivity index is 1.50. The first-order valence-corrected chi connectivity index (χ1v) is 10.1. The minimum absolute atomic E-state index is 0.186. The molecule has 0 fully saturated rings. The lowest BCUT2D eigenvalue weighted by molar-refractivity contribution is 0.0977. The van der Waals surface area contributed by atoms with Crippen LogP contribution in [-0.2, 0) is 0 Å². The maximum atomic E-state index is 12.5. The second kappa shape index (κ2) is 8.93. The van der Waals surface area contributed by atoms with Crippen LogP contribution in [0.2, 0.25) is 0 Å². The molecule has 0 radical (unpaired) electrons. The Morgan fingerprint density at radius 2 is 2.00 bits per heavy atom. The quantitative estimate of drug-likeness (QED) is 0.441. The second-order valence-electron chi connectivity index (χ2n) is 6.69. The molecule has 4 rings (SSSR count). The number of ether oxygens (including phenoxy) is 1. The monoisotopic (exact) mass is 432 g/mol. The number of thiocarbonyl (C=S) groups is 1. The van der Waals surface area contributed by atoms with Gasteiger partial charge in [0.15, 0.2) is 16.3 Å². The van der Waals surface area contributed by atoms with E-state index in [9.17, 15) is 4.79 Å². The molecular formula is C23H20N4O3S. The van der Waals surface area contributed by atoms with Crippen LogP contribution in [0.4, 0.5) is 5.69 Å². The van der Waals surface area contributed by atoms with Crippen LogP contribution in [0.3, 0.4) is 0 Å². The maximum absolute atomic E-state index is 12.5. The van der Waals surface area contributed by atoms with Crippen molar-refractivity contribution in [1.82, 2.24) is 15.3 Å². The topological polar surface area (TPSA) is 89.3 Å². The van der Waals surface area contributed by atoms with Crippen LogP contribution < -0.4 is 15.4 Å². The number of benzene rings is 2. The Hall–Kier alpha value is -3.78. The van der Waals surface area contributed by atoms with Crippen molar-refractivity contribution in [1.29, 1.82) is 0 Å². The van der Waals surface area contributed by atoms with Crippen LogP contribution in [0.1, 0.15) is 22.8 Å². The summed E-state index contributed by atoms with van der Waals surface area (Å²) in [4.78, 5) is 21.2. The number of rotatable bonds is 5. The predicted molar refractivity (Wildman–Crippen MR) is 123 cm³/mol. The van der Waals surface area contributed by atoms with E-state index in [1.54, 1.807) is 36.5 Å². The van der Waals surface area contributed by atoms with E-state index >= 15 is 0 Å². The molecule has 0 unspecified atom stereocenters. The molecule has 1 amide bonds. The third kappa shape index (κ3) is 4.54. The zero-order valence-corrected chi connectivity index (χ0v) is 17.8. The van der Waals surface area contributed by atoms with E-state index in [4.69, 9.17) is 21.4 Å². The fourth-order valence-corrected chi connectivity index (χ4v) is 3.31. The standard InChI is InChI=1S/C23H20N4O3S/c1-3-29-16-8-4-7-15(13-16)21(28)27-23(31)25-18-10-5-9-17(14(18)2)22-26-20-19(30-22)11-6-12-24-20/h4-13H,3H2,1-2H3,(H2,25,27,28,31). The summed E-state index contributed by atoms with van der Waals surface area (Å²) in [7, 11) is 0. The van der Waals surface area contributed by atoms with Crippen LogP contribution in [-0.4, -0.2) is 27.6 Å². The minimum atomic E-state index is -0.321. The zero-order chi connectivity index (χ0) is 21.8. The molecule has 31 heavy (non-hydrogen) atoms. The van der Waals surface area contributed by atoms with Crippen molar-refractivity contribution in [2.24, 2.45) is 0 Å². The lowest BCUT2D eigenvalue weighted by Crippen LogP contribution is -2.34. The smallest absolute Gasteiger partial charge is 0.257 e. The number of carbonyl (C=O) groups is 1. The molecule has 0 saturated heterocycles. The number of carbonyl (C=O) groups excluding carboxylic acids is 1. The van der Waals surface area contributed by atoms with Gasteiger partial charge in [-0.25, -0.2) is 4.98 Å². The van der Waals surface area contributed by atoms with Gasteiger partial charge in [-0.1, -0.05) is 12.1 Å². The van der Waals surface area contributed by atoms with Gasteiger partial charge in [0, 0.05) is 23.0 Å². The molecule has 0 bridgehead atoms. The molecule has 2 aromatic heterocycles. The average molecular weight is 433 g/mol. The maximum Gasteiger partial charge on any atom is 0.257 e. The van der Waals surface area contributed by atoms with Crippen molar-refractivity contribution >= 4 is 40.2 Å². The molecule has 2 heterocycles. The third-order valence-electron chi connectivity index (χ3n) is 4.61. The van der Waals surface area contributed by atoms with E-state index in [0.29, 0.717) is 35.0 Å². The molecule has 156 valence electrons. The van der Waals surface area contributed by atoms with E-state index in [-0.39, 0.29) is 11.0 Å². The Kier molecular flexibility index (Phi) is 5.90. The molecule has 0 saturated carbocycles. The second-order valence-corrected chi connectivity index (χ2v) is 7.10. The number of aromatic nitrogens is 2. The zero-order valence-electron chi connectivity index (χ0n) is 17.0. The first-order valence-electron chi connectivity index (χ1n) is 9.72. The van der Waals surface area contributed by atoms with Crippen molar-refractivity contribution in [3.63, 3.8) is 0 Å². The average Bonchev–Trinajstić information content (AvgIpc) is 3.19. The first-order chi connectivity index (χ1) is 15.0. The van der Waals surface area contributed by atoms with Crippen LogP contribution in [0.5, 0.6) is 5.75 Å². The van der Waals surface area contributed by atoms with Gasteiger partial charge in [0.1, 0.15) is 5.75 Å². The molecule has 0 spiro atoms. The SMILES string of the molecule is CCOc1cccc(C(=O)NC(=S)Nc2cccc(-c3nc4ncccc4o3)c2C)c1. The number of nitrogens with one attached hydrogen (secondary N) is 2. The number of oxazole rings is 1. The van der Waals surface area contributed by atoms with Crippen molar-refractivity contribution in [2.75, 3.05) is 11.9 Å². The Bertz CT molecular complexity index is 1240. The number of anilines is 1. The fraction of sp³-hybridized carbons (Fsp3) is 0.130. The molecule has 0 aliphatic rings. The highest BCUT2D eigenvalue weighted by molar-refractivity contribution is 7.80. The summed E-state index contributed by atoms with van der Waals surface area (Å²) in [5, 5.41) is 5.96. The number of amides is 1. The molecule has 4 aromatic rings. The van der Waals surface area contributed by atoms with Gasteiger partial charge in [0.05, 0.1) is 6.61 Å². The summed E-state index contributed by atoms with van der Waals surface area (Å²) in [6.45, 7) is 4.34. The lowest BCUT2D eigenvalue weighted by atomic mass is 10.1. The highest BCUT2D eigenvalue weighted by atomic mass is 32.1.